The smallest absolute Gasteiger partial charge is 0.322 e. The van der Waals surface area contributed by atoms with E-state index in [9.17, 15) is 20.0 Å². The quantitative estimate of drug-likeness (QED) is 0.421. The first-order valence-corrected chi connectivity index (χ1v) is 9.11. The Labute approximate surface area is 162 Å². The number of nitrogens with zero attached hydrogens (tertiary/aromatic N) is 3. The lowest BCUT2D eigenvalue weighted by Gasteiger charge is -2.05. The number of aromatic hydroxyl groups is 1. The summed E-state index contributed by atoms with van der Waals surface area (Å²) in [4.78, 5) is 28.8. The van der Waals surface area contributed by atoms with E-state index in [1.807, 2.05) is 26.0 Å². The molecule has 0 spiro atoms. The van der Waals surface area contributed by atoms with Crippen LogP contribution in [0.5, 0.6) is 11.5 Å². The van der Waals surface area contributed by atoms with Crippen LogP contribution in [0.25, 0.3) is 22.1 Å². The highest BCUT2D eigenvalue weighted by molar-refractivity contribution is 7.15. The molecule has 8 nitrogen and oxygen atoms in total. The first-order chi connectivity index (χ1) is 13.3. The van der Waals surface area contributed by atoms with Gasteiger partial charge < -0.3 is 9.84 Å². The maximum absolute atomic E-state index is 13.0. The number of nitro groups is 1. The number of fused-ring (bicyclic) bond motifs is 3. The van der Waals surface area contributed by atoms with Crippen molar-refractivity contribution in [3.63, 3.8) is 0 Å². The van der Waals surface area contributed by atoms with E-state index in [1.165, 1.54) is 29.7 Å². The number of benzene rings is 2. The van der Waals surface area contributed by atoms with Gasteiger partial charge in [0, 0.05) is 0 Å². The summed E-state index contributed by atoms with van der Waals surface area (Å²) >= 11 is 1.15. The standard InChI is InChI=1S/C19H15N3O5S/c1-9-6-12-13(7-10(9)2)21-18(24)15(28-19(21)20-12)8-11-4-5-14(23)17(27-3)16(11)22(25)26/h4-8,23H,1-3H3/b15-8-. The van der Waals surface area contributed by atoms with Crippen molar-refractivity contribution in [3.8, 4) is 11.5 Å². The predicted molar refractivity (Wildman–Crippen MR) is 106 cm³/mol. The molecule has 142 valence electrons. The molecule has 0 fully saturated rings. The molecule has 2 heterocycles. The molecule has 0 bridgehead atoms. The number of phenols is 1. The van der Waals surface area contributed by atoms with Crippen molar-refractivity contribution in [3.05, 3.63) is 66.0 Å². The number of aromatic nitrogens is 2. The first kappa shape index (κ1) is 17.9. The highest BCUT2D eigenvalue weighted by Crippen LogP contribution is 2.39. The van der Waals surface area contributed by atoms with E-state index in [4.69, 9.17) is 4.74 Å². The SMILES string of the molecule is COc1c(O)ccc(/C=c2\sc3nc4cc(C)c(C)cc4n3c2=O)c1[N+](=O)[O-]. The zero-order chi connectivity index (χ0) is 20.2. The van der Waals surface area contributed by atoms with E-state index in [0.29, 0.717) is 15.0 Å². The van der Waals surface area contributed by atoms with Gasteiger partial charge in [-0.3, -0.25) is 14.9 Å². The van der Waals surface area contributed by atoms with Crippen molar-refractivity contribution < 1.29 is 14.8 Å². The van der Waals surface area contributed by atoms with Crippen LogP contribution < -0.4 is 14.8 Å². The van der Waals surface area contributed by atoms with Gasteiger partial charge in [0.05, 0.1) is 33.2 Å². The lowest BCUT2D eigenvalue weighted by molar-refractivity contribution is -0.386. The Balaban J connectivity index is 2.02. The Hall–Kier alpha value is -3.46. The van der Waals surface area contributed by atoms with Crippen LogP contribution in [0.1, 0.15) is 16.7 Å². The van der Waals surface area contributed by atoms with Crippen LogP contribution in [0.15, 0.2) is 29.1 Å². The minimum atomic E-state index is -0.644. The second-order valence-electron chi connectivity index (χ2n) is 6.38. The molecule has 0 aliphatic heterocycles. The fourth-order valence-electron chi connectivity index (χ4n) is 3.14. The zero-order valence-corrected chi connectivity index (χ0v) is 16.0. The van der Waals surface area contributed by atoms with E-state index < -0.39 is 10.6 Å². The summed E-state index contributed by atoms with van der Waals surface area (Å²) in [5, 5.41) is 21.3. The molecule has 0 saturated heterocycles. The summed E-state index contributed by atoms with van der Waals surface area (Å²) in [6.07, 6.45) is 1.43. The Morgan fingerprint density at radius 3 is 2.68 bits per heavy atom. The Kier molecular flexibility index (Phi) is 4.04. The lowest BCUT2D eigenvalue weighted by atomic mass is 10.1. The molecule has 0 radical (unpaired) electrons. The lowest BCUT2D eigenvalue weighted by Crippen LogP contribution is -2.22. The van der Waals surface area contributed by atoms with Crippen molar-refractivity contribution in [1.29, 1.82) is 0 Å². The summed E-state index contributed by atoms with van der Waals surface area (Å²) in [7, 11) is 1.24. The number of thiazole rings is 1. The van der Waals surface area contributed by atoms with E-state index in [2.05, 4.69) is 4.98 Å². The van der Waals surface area contributed by atoms with Gasteiger partial charge >= 0.3 is 5.69 Å². The maximum atomic E-state index is 13.0. The number of nitro benzene ring substituents is 1. The molecule has 0 amide bonds. The largest absolute Gasteiger partial charge is 0.504 e. The number of hydrogen-bond donors (Lipinski definition) is 1. The van der Waals surface area contributed by atoms with E-state index in [-0.39, 0.29) is 22.6 Å². The topological polar surface area (TPSA) is 107 Å². The molecular weight excluding hydrogens is 382 g/mol. The maximum Gasteiger partial charge on any atom is 0.322 e. The number of rotatable bonds is 3. The molecule has 0 atom stereocenters. The van der Waals surface area contributed by atoms with Crippen LogP contribution >= 0.6 is 11.3 Å². The van der Waals surface area contributed by atoms with Gasteiger partial charge in [0.2, 0.25) is 5.75 Å². The molecular formula is C19H15N3O5S. The molecule has 4 aromatic rings. The van der Waals surface area contributed by atoms with Gasteiger partial charge in [-0.1, -0.05) is 11.3 Å². The van der Waals surface area contributed by atoms with E-state index in [0.717, 1.165) is 28.0 Å². The predicted octanol–water partition coefficient (Wildman–Crippen LogP) is 2.70. The minimum absolute atomic E-state index is 0.164. The van der Waals surface area contributed by atoms with Crippen LogP contribution in [0.4, 0.5) is 5.69 Å². The highest BCUT2D eigenvalue weighted by atomic mass is 32.1. The van der Waals surface area contributed by atoms with Gasteiger partial charge in [-0.2, -0.15) is 0 Å². The third kappa shape index (κ3) is 2.59. The number of hydrogen-bond acceptors (Lipinski definition) is 7. The molecule has 28 heavy (non-hydrogen) atoms. The second kappa shape index (κ2) is 6.31. The molecule has 0 aliphatic rings. The summed E-state index contributed by atoms with van der Waals surface area (Å²) in [5.41, 5.74) is 3.04. The van der Waals surface area contributed by atoms with Gasteiger partial charge in [-0.15, -0.1) is 0 Å². The fraction of sp³-hybridized carbons (Fsp3) is 0.158. The molecule has 0 aliphatic carbocycles. The third-order valence-electron chi connectivity index (χ3n) is 4.67. The number of ether oxygens (including phenoxy) is 1. The van der Waals surface area contributed by atoms with Crippen LogP contribution in [-0.4, -0.2) is 26.5 Å². The third-order valence-corrected chi connectivity index (χ3v) is 5.64. The number of aryl methyl sites for hydroxylation is 2. The van der Waals surface area contributed by atoms with Gasteiger partial charge in [-0.05, 0) is 55.3 Å². The van der Waals surface area contributed by atoms with Crippen molar-refractivity contribution >= 4 is 39.1 Å². The van der Waals surface area contributed by atoms with Crippen molar-refractivity contribution in [2.45, 2.75) is 13.8 Å². The summed E-state index contributed by atoms with van der Waals surface area (Å²) in [5.74, 6) is -0.587. The number of phenolic OH excluding ortho intramolecular Hbond substituents is 1. The zero-order valence-electron chi connectivity index (χ0n) is 15.2. The van der Waals surface area contributed by atoms with E-state index in [1.54, 1.807) is 0 Å². The van der Waals surface area contributed by atoms with Gasteiger partial charge in [0.1, 0.15) is 0 Å². The molecule has 2 aromatic heterocycles. The second-order valence-corrected chi connectivity index (χ2v) is 7.39. The molecule has 0 unspecified atom stereocenters. The average Bonchev–Trinajstić information content (AvgIpc) is 3.12. The van der Waals surface area contributed by atoms with Gasteiger partial charge in [0.15, 0.2) is 10.7 Å². The van der Waals surface area contributed by atoms with Crippen molar-refractivity contribution in [2.24, 2.45) is 0 Å². The average molecular weight is 397 g/mol. The van der Waals surface area contributed by atoms with Crippen LogP contribution in [-0.2, 0) is 0 Å². The Morgan fingerprint density at radius 1 is 1.29 bits per heavy atom. The normalized spacial score (nSPS) is 12.2. The summed E-state index contributed by atoms with van der Waals surface area (Å²) in [6.45, 7) is 3.95. The van der Waals surface area contributed by atoms with Crippen molar-refractivity contribution in [1.82, 2.24) is 9.38 Å². The first-order valence-electron chi connectivity index (χ1n) is 8.30. The fourth-order valence-corrected chi connectivity index (χ4v) is 4.12. The Morgan fingerprint density at radius 2 is 2.00 bits per heavy atom. The summed E-state index contributed by atoms with van der Waals surface area (Å²) in [6, 6.07) is 6.52. The number of methoxy groups -OCH3 is 1. The van der Waals surface area contributed by atoms with Crippen LogP contribution in [0.2, 0.25) is 0 Å². The molecule has 2 aromatic carbocycles. The van der Waals surface area contributed by atoms with E-state index >= 15 is 0 Å². The number of imidazole rings is 1. The Bertz CT molecular complexity index is 1390. The van der Waals surface area contributed by atoms with Gasteiger partial charge in [0.25, 0.3) is 5.56 Å². The van der Waals surface area contributed by atoms with Crippen LogP contribution in [0.3, 0.4) is 0 Å². The van der Waals surface area contributed by atoms with Crippen LogP contribution in [0, 0.1) is 24.0 Å². The minimum Gasteiger partial charge on any atom is -0.504 e. The highest BCUT2D eigenvalue weighted by Gasteiger charge is 2.23. The molecule has 4 rings (SSSR count). The van der Waals surface area contributed by atoms with Crippen molar-refractivity contribution in [2.75, 3.05) is 7.11 Å². The van der Waals surface area contributed by atoms with Gasteiger partial charge in [-0.25, -0.2) is 9.38 Å². The summed E-state index contributed by atoms with van der Waals surface area (Å²) < 4.78 is 6.79. The molecule has 9 heteroatoms. The monoisotopic (exact) mass is 397 g/mol. The molecule has 0 saturated carbocycles. The molecule has 1 N–H and O–H groups in total.